The third kappa shape index (κ3) is 3.47. The molecule has 1 heterocycles. The van der Waals surface area contributed by atoms with E-state index in [-0.39, 0.29) is 0 Å². The van der Waals surface area contributed by atoms with E-state index in [1.54, 1.807) is 6.20 Å². The normalized spacial score (nSPS) is 13.1. The summed E-state index contributed by atoms with van der Waals surface area (Å²) >= 11 is 10.7. The van der Waals surface area contributed by atoms with Gasteiger partial charge in [-0.15, -0.1) is 0 Å². The maximum absolute atomic E-state index is 5.71. The van der Waals surface area contributed by atoms with E-state index in [1.807, 2.05) is 12.1 Å². The van der Waals surface area contributed by atoms with E-state index < -0.39 is 10.5 Å². The zero-order chi connectivity index (χ0) is 8.48. The fourth-order valence-electron chi connectivity index (χ4n) is 0.554. The molecule has 0 amide bonds. The van der Waals surface area contributed by atoms with Gasteiger partial charge in [0.05, 0.1) is 0 Å². The Morgan fingerprint density at radius 2 is 2.09 bits per heavy atom. The molecule has 0 atom stereocenters. The molecule has 0 unspecified atom stereocenters. The Morgan fingerprint density at radius 1 is 1.45 bits per heavy atom. The van der Waals surface area contributed by atoms with Crippen LogP contribution in [-0.4, -0.2) is 9.91 Å². The van der Waals surface area contributed by atoms with Gasteiger partial charge in [-0.05, 0) is 0 Å². The van der Waals surface area contributed by atoms with Gasteiger partial charge in [-0.2, -0.15) is 0 Å². The molecule has 0 N–H and O–H groups in total. The van der Waals surface area contributed by atoms with Crippen LogP contribution in [0.4, 0.5) is 0 Å². The Balaban J connectivity index is 2.99. The zero-order valence-electron chi connectivity index (χ0n) is 5.69. The van der Waals surface area contributed by atoms with Gasteiger partial charge in [0.2, 0.25) is 0 Å². The van der Waals surface area contributed by atoms with Crippen molar-refractivity contribution in [3.63, 3.8) is 0 Å². The molecule has 0 radical (unpaired) electrons. The second-order valence-electron chi connectivity index (χ2n) is 1.97. The number of aromatic nitrogens is 1. The van der Waals surface area contributed by atoms with Crippen molar-refractivity contribution in [2.45, 2.75) is 0 Å². The van der Waals surface area contributed by atoms with Crippen molar-refractivity contribution in [3.8, 4) is 0 Å². The average Bonchev–Trinajstić information content (AvgIpc) is 1.86. The van der Waals surface area contributed by atoms with Crippen molar-refractivity contribution in [3.05, 3.63) is 27.1 Å². The number of alkyl halides is 1. The number of pyridine rings is 1. The standard InChI is InChI=1S/C6H6ClI3N/c1-10(8,9)6-3-2-5(7)4-11-6/h2-4H,1H3/q-1. The summed E-state index contributed by atoms with van der Waals surface area (Å²) in [7, 11) is -1.68. The average molecular weight is 508 g/mol. The summed E-state index contributed by atoms with van der Waals surface area (Å²) in [6, 6.07) is 3.93. The van der Waals surface area contributed by atoms with Crippen LogP contribution in [0.1, 0.15) is 0 Å². The van der Waals surface area contributed by atoms with E-state index in [9.17, 15) is 0 Å². The molecule has 0 bridgehead atoms. The van der Waals surface area contributed by atoms with Gasteiger partial charge in [-0.3, -0.25) is 0 Å². The molecule has 1 aromatic rings. The van der Waals surface area contributed by atoms with Gasteiger partial charge < -0.3 is 0 Å². The van der Waals surface area contributed by atoms with Crippen LogP contribution >= 0.6 is 48.8 Å². The third-order valence-corrected chi connectivity index (χ3v) is 9.44. The van der Waals surface area contributed by atoms with E-state index >= 15 is 0 Å². The van der Waals surface area contributed by atoms with Crippen LogP contribution in [0.2, 0.25) is 5.02 Å². The Morgan fingerprint density at radius 3 is 2.45 bits per heavy atom. The quantitative estimate of drug-likeness (QED) is 0.304. The molecule has 0 saturated heterocycles. The SMILES string of the molecule is C[I-](I)(I)c1ccc(Cl)cn1. The first kappa shape index (κ1) is 10.7. The summed E-state index contributed by atoms with van der Waals surface area (Å²) in [5, 5.41) is 0.715. The molecule has 0 aliphatic rings. The summed E-state index contributed by atoms with van der Waals surface area (Å²) in [6.45, 7) is 0. The van der Waals surface area contributed by atoms with Crippen LogP contribution in [0.5, 0.6) is 0 Å². The molecular formula is C6H6ClI3N-. The molecule has 5 heteroatoms. The third-order valence-electron chi connectivity index (χ3n) is 1.03. The first-order valence-corrected chi connectivity index (χ1v) is 18.9. The van der Waals surface area contributed by atoms with Gasteiger partial charge in [0.15, 0.2) is 0 Å². The van der Waals surface area contributed by atoms with Crippen molar-refractivity contribution < 1.29 is 10.5 Å². The molecule has 0 aliphatic heterocycles. The second kappa shape index (κ2) is 4.23. The molecule has 11 heavy (non-hydrogen) atoms. The second-order valence-corrected chi connectivity index (χ2v) is 39.7. The molecule has 1 rings (SSSR count). The molecule has 0 spiro atoms. The minimum absolute atomic E-state index is 0.715. The van der Waals surface area contributed by atoms with Crippen LogP contribution in [0.3, 0.4) is 0 Å². The van der Waals surface area contributed by atoms with Crippen molar-refractivity contribution in [2.75, 3.05) is 4.93 Å². The van der Waals surface area contributed by atoms with E-state index in [0.29, 0.717) is 5.02 Å². The number of halogens is 4. The predicted octanol–water partition coefficient (Wildman–Crippen LogP) is 0.395. The van der Waals surface area contributed by atoms with Crippen molar-refractivity contribution in [1.82, 2.24) is 4.98 Å². The van der Waals surface area contributed by atoms with Gasteiger partial charge in [0.1, 0.15) is 0 Å². The van der Waals surface area contributed by atoms with E-state index in [4.69, 9.17) is 11.6 Å². The van der Waals surface area contributed by atoms with Gasteiger partial charge in [0.25, 0.3) is 0 Å². The van der Waals surface area contributed by atoms with Crippen LogP contribution in [0, 0.1) is 3.70 Å². The zero-order valence-corrected chi connectivity index (χ0v) is 12.9. The summed E-state index contributed by atoms with van der Waals surface area (Å²) in [5.41, 5.74) is 0. The monoisotopic (exact) mass is 508 g/mol. The van der Waals surface area contributed by atoms with Crippen LogP contribution in [-0.2, 0) is 0 Å². The fraction of sp³-hybridized carbons (Fsp3) is 0.167. The Labute approximate surface area is 94.5 Å². The van der Waals surface area contributed by atoms with Crippen LogP contribution < -0.4 is 10.5 Å². The van der Waals surface area contributed by atoms with E-state index in [1.165, 1.54) is 3.70 Å². The van der Waals surface area contributed by atoms with Gasteiger partial charge in [0, 0.05) is 0 Å². The molecule has 64 valence electrons. The Hall–Kier alpha value is 1.63. The van der Waals surface area contributed by atoms with Gasteiger partial charge >= 0.3 is 96.3 Å². The first-order valence-electron chi connectivity index (χ1n) is 2.72. The van der Waals surface area contributed by atoms with E-state index in [0.717, 1.165) is 0 Å². The predicted molar refractivity (Wildman–Crippen MR) is 61.9 cm³/mol. The number of hydrogen-bond acceptors (Lipinski definition) is 1. The summed E-state index contributed by atoms with van der Waals surface area (Å²) in [6.07, 6.45) is 1.72. The number of rotatable bonds is 1. The van der Waals surface area contributed by atoms with Crippen LogP contribution in [0.25, 0.3) is 0 Å². The molecule has 1 nitrogen and oxygen atoms in total. The van der Waals surface area contributed by atoms with Crippen molar-refractivity contribution in [1.29, 1.82) is 0 Å². The molecule has 0 saturated carbocycles. The Kier molecular flexibility index (Phi) is 4.12. The van der Waals surface area contributed by atoms with Gasteiger partial charge in [-0.25, -0.2) is 0 Å². The molecule has 0 fully saturated rings. The summed E-state index contributed by atoms with van der Waals surface area (Å²) in [4.78, 5) is 6.56. The van der Waals surface area contributed by atoms with Crippen LogP contribution in [0.15, 0.2) is 18.3 Å². The summed E-state index contributed by atoms with van der Waals surface area (Å²) in [5.74, 6) is 0. The summed E-state index contributed by atoms with van der Waals surface area (Å²) < 4.78 is 1.22. The van der Waals surface area contributed by atoms with Crippen molar-refractivity contribution >= 4 is 48.8 Å². The van der Waals surface area contributed by atoms with Gasteiger partial charge in [-0.1, -0.05) is 0 Å². The molecule has 0 aliphatic carbocycles. The van der Waals surface area contributed by atoms with E-state index in [2.05, 4.69) is 47.1 Å². The first-order chi connectivity index (χ1) is 5.00. The molecule has 1 aromatic heterocycles. The maximum atomic E-state index is 5.71. The number of nitrogens with zero attached hydrogens (tertiary/aromatic N) is 1. The van der Waals surface area contributed by atoms with Crippen molar-refractivity contribution in [2.24, 2.45) is 0 Å². The number of hydrogen-bond donors (Lipinski definition) is 0. The Bertz CT molecular complexity index is 241. The molecular weight excluding hydrogens is 502 g/mol. The topological polar surface area (TPSA) is 12.9 Å². The molecule has 0 aromatic carbocycles. The minimum atomic E-state index is -1.68. The fourth-order valence-corrected chi connectivity index (χ4v) is 5.34.